The third kappa shape index (κ3) is 6.47. The highest BCUT2D eigenvalue weighted by atomic mass is 32.2. The molecule has 2 saturated carbocycles. The first kappa shape index (κ1) is 24.6. The Morgan fingerprint density at radius 2 is 1.81 bits per heavy atom. The molecule has 12 heteroatoms. The van der Waals surface area contributed by atoms with Crippen LogP contribution in [0.4, 0.5) is 22.4 Å². The van der Waals surface area contributed by atoms with E-state index < -0.39 is 34.0 Å². The molecule has 2 atom stereocenters. The van der Waals surface area contributed by atoms with Gasteiger partial charge in [-0.15, -0.1) is 13.2 Å². The Kier molecular flexibility index (Phi) is 7.23. The molecule has 0 heterocycles. The van der Waals surface area contributed by atoms with Gasteiger partial charge in [0.1, 0.15) is 11.6 Å². The predicted octanol–water partition coefficient (Wildman–Crippen LogP) is 3.60. The molecule has 180 valence electrons. The molecular formula is C20H27F4N3O4S. The lowest BCUT2D eigenvalue weighted by molar-refractivity contribution is -0.274. The van der Waals surface area contributed by atoms with Crippen molar-refractivity contribution in [3.8, 4) is 5.75 Å². The summed E-state index contributed by atoms with van der Waals surface area (Å²) in [5.41, 5.74) is 0.0296. The first-order chi connectivity index (χ1) is 14.8. The van der Waals surface area contributed by atoms with Crippen LogP contribution in [0.3, 0.4) is 0 Å². The molecule has 3 rings (SSSR count). The van der Waals surface area contributed by atoms with Crippen LogP contribution >= 0.6 is 0 Å². The largest absolute Gasteiger partial charge is 0.573 e. The molecule has 0 aromatic heterocycles. The molecule has 0 saturated heterocycles. The third-order valence-electron chi connectivity index (χ3n) is 5.91. The third-order valence-corrected chi connectivity index (χ3v) is 7.26. The van der Waals surface area contributed by atoms with Crippen LogP contribution in [0.5, 0.6) is 5.75 Å². The lowest BCUT2D eigenvalue weighted by atomic mass is 9.90. The van der Waals surface area contributed by atoms with E-state index in [1.165, 1.54) is 4.31 Å². The fraction of sp³-hybridized carbons (Fsp3) is 0.650. The van der Waals surface area contributed by atoms with Crippen molar-refractivity contribution in [2.24, 2.45) is 0 Å². The van der Waals surface area contributed by atoms with Gasteiger partial charge in [-0.1, -0.05) is 6.07 Å². The average Bonchev–Trinajstić information content (AvgIpc) is 3.50. The van der Waals surface area contributed by atoms with Crippen molar-refractivity contribution in [3.63, 3.8) is 0 Å². The standard InChI is InChI=1S/C20H27F4N3O4S/c1-26(32(2,29)30)15-4-3-5-16(10-15)27(14-7-8-14)19(28)25-12-13-6-9-17(11-18(13)21)31-20(22,23)24/h6,9,11,14-16H,3-5,7-8,10,12H2,1-2H3,(H,25,28)/t15-,16-/m1/s1. The molecule has 0 unspecified atom stereocenters. The fourth-order valence-electron chi connectivity index (χ4n) is 4.11. The minimum atomic E-state index is -4.92. The lowest BCUT2D eigenvalue weighted by Crippen LogP contribution is -2.52. The number of urea groups is 1. The maximum Gasteiger partial charge on any atom is 0.573 e. The van der Waals surface area contributed by atoms with Crippen LogP contribution in [-0.4, -0.2) is 61.4 Å². The highest BCUT2D eigenvalue weighted by molar-refractivity contribution is 7.88. The normalized spacial score (nSPS) is 22.0. The number of halogens is 4. The van der Waals surface area contributed by atoms with E-state index in [9.17, 15) is 30.8 Å². The van der Waals surface area contributed by atoms with Crippen molar-refractivity contribution >= 4 is 16.1 Å². The number of carbonyl (C=O) groups excluding carboxylic acids is 1. The number of carbonyl (C=O) groups is 1. The predicted molar refractivity (Wildman–Crippen MR) is 109 cm³/mol. The molecular weight excluding hydrogens is 454 g/mol. The van der Waals surface area contributed by atoms with E-state index in [-0.39, 0.29) is 30.2 Å². The minimum absolute atomic E-state index is 0.0296. The summed E-state index contributed by atoms with van der Waals surface area (Å²) in [6.45, 7) is -0.195. The summed E-state index contributed by atoms with van der Waals surface area (Å²) in [5.74, 6) is -1.59. The maximum atomic E-state index is 14.2. The number of hydrogen-bond acceptors (Lipinski definition) is 4. The van der Waals surface area contributed by atoms with Gasteiger partial charge in [-0.25, -0.2) is 21.9 Å². The quantitative estimate of drug-likeness (QED) is 0.604. The van der Waals surface area contributed by atoms with E-state index in [1.807, 2.05) is 0 Å². The topological polar surface area (TPSA) is 79.0 Å². The molecule has 2 aliphatic rings. The van der Waals surface area contributed by atoms with Gasteiger partial charge in [-0.05, 0) is 44.6 Å². The Morgan fingerprint density at radius 1 is 1.16 bits per heavy atom. The van der Waals surface area contributed by atoms with Crippen molar-refractivity contribution in [2.75, 3.05) is 13.3 Å². The van der Waals surface area contributed by atoms with Crippen molar-refractivity contribution in [1.29, 1.82) is 0 Å². The van der Waals surface area contributed by atoms with Gasteiger partial charge in [0.05, 0.1) is 6.26 Å². The van der Waals surface area contributed by atoms with E-state index >= 15 is 0 Å². The molecule has 0 aliphatic heterocycles. The van der Waals surface area contributed by atoms with Crippen LogP contribution in [0.25, 0.3) is 0 Å². The number of rotatable bonds is 7. The Balaban J connectivity index is 1.64. The highest BCUT2D eigenvalue weighted by Crippen LogP contribution is 2.35. The number of ether oxygens (including phenoxy) is 1. The summed E-state index contributed by atoms with van der Waals surface area (Å²) in [7, 11) is -1.81. The summed E-state index contributed by atoms with van der Waals surface area (Å²) >= 11 is 0. The minimum Gasteiger partial charge on any atom is -0.406 e. The number of nitrogens with zero attached hydrogens (tertiary/aromatic N) is 2. The second-order valence-electron chi connectivity index (χ2n) is 8.35. The molecule has 7 nitrogen and oxygen atoms in total. The van der Waals surface area contributed by atoms with Crippen molar-refractivity contribution in [3.05, 3.63) is 29.6 Å². The average molecular weight is 482 g/mol. The smallest absolute Gasteiger partial charge is 0.406 e. The Hall–Kier alpha value is -2.08. The Labute approximate surface area is 184 Å². The van der Waals surface area contributed by atoms with Gasteiger partial charge in [0.25, 0.3) is 0 Å². The molecule has 2 fully saturated rings. The summed E-state index contributed by atoms with van der Waals surface area (Å²) in [6, 6.07) is 2.07. The SMILES string of the molecule is CN([C@@H]1CCC[C@@H](N(C(=O)NCc2ccc(OC(F)(F)F)cc2F)C2CC2)C1)S(C)(=O)=O. The lowest BCUT2D eigenvalue weighted by Gasteiger charge is -2.40. The van der Waals surface area contributed by atoms with E-state index in [2.05, 4.69) is 10.1 Å². The van der Waals surface area contributed by atoms with Crippen LogP contribution in [0.1, 0.15) is 44.1 Å². The van der Waals surface area contributed by atoms with Crippen LogP contribution in [0.15, 0.2) is 18.2 Å². The van der Waals surface area contributed by atoms with Gasteiger partial charge >= 0.3 is 12.4 Å². The molecule has 1 N–H and O–H groups in total. The zero-order chi connectivity index (χ0) is 23.7. The number of alkyl halides is 3. The van der Waals surface area contributed by atoms with Gasteiger partial charge in [0, 0.05) is 43.3 Å². The van der Waals surface area contributed by atoms with Crippen LogP contribution < -0.4 is 10.1 Å². The molecule has 0 radical (unpaired) electrons. The van der Waals surface area contributed by atoms with Gasteiger partial charge in [0.15, 0.2) is 0 Å². The number of nitrogens with one attached hydrogen (secondary N) is 1. The summed E-state index contributed by atoms with van der Waals surface area (Å²) in [5, 5.41) is 2.65. The number of hydrogen-bond donors (Lipinski definition) is 1. The number of benzene rings is 1. The zero-order valence-electron chi connectivity index (χ0n) is 17.9. The number of amides is 2. The van der Waals surface area contributed by atoms with Crippen molar-refractivity contribution in [2.45, 2.75) is 69.6 Å². The second-order valence-corrected chi connectivity index (χ2v) is 10.4. The monoisotopic (exact) mass is 481 g/mol. The summed E-state index contributed by atoms with van der Waals surface area (Å²) in [6.07, 6.45) is 0.681. The van der Waals surface area contributed by atoms with Gasteiger partial charge in [-0.2, -0.15) is 0 Å². The zero-order valence-corrected chi connectivity index (χ0v) is 18.7. The van der Waals surface area contributed by atoms with Gasteiger partial charge in [0.2, 0.25) is 10.0 Å². The number of sulfonamides is 1. The molecule has 32 heavy (non-hydrogen) atoms. The van der Waals surface area contributed by atoms with Crippen LogP contribution in [0.2, 0.25) is 0 Å². The summed E-state index contributed by atoms with van der Waals surface area (Å²) in [4.78, 5) is 14.6. The second kappa shape index (κ2) is 9.42. The first-order valence-corrected chi connectivity index (χ1v) is 12.2. The Morgan fingerprint density at radius 3 is 2.38 bits per heavy atom. The van der Waals surface area contributed by atoms with Gasteiger partial charge < -0.3 is 15.0 Å². The molecule has 2 aliphatic carbocycles. The van der Waals surface area contributed by atoms with Crippen molar-refractivity contribution in [1.82, 2.24) is 14.5 Å². The molecule has 1 aromatic rings. The van der Waals surface area contributed by atoms with Crippen LogP contribution in [-0.2, 0) is 16.6 Å². The van der Waals surface area contributed by atoms with E-state index in [0.717, 1.165) is 50.5 Å². The molecule has 0 spiro atoms. The van der Waals surface area contributed by atoms with Gasteiger partial charge in [-0.3, -0.25) is 0 Å². The molecule has 0 bridgehead atoms. The molecule has 1 aromatic carbocycles. The van der Waals surface area contributed by atoms with E-state index in [4.69, 9.17) is 0 Å². The fourth-order valence-corrected chi connectivity index (χ4v) is 4.84. The maximum absolute atomic E-state index is 14.2. The van der Waals surface area contributed by atoms with E-state index in [1.54, 1.807) is 11.9 Å². The summed E-state index contributed by atoms with van der Waals surface area (Å²) < 4.78 is 79.9. The highest BCUT2D eigenvalue weighted by Gasteiger charge is 2.40. The first-order valence-electron chi connectivity index (χ1n) is 10.4. The van der Waals surface area contributed by atoms with Crippen LogP contribution in [0, 0.1) is 5.82 Å². The van der Waals surface area contributed by atoms with E-state index in [0.29, 0.717) is 12.5 Å². The van der Waals surface area contributed by atoms with Crippen molar-refractivity contribution < 1.29 is 35.5 Å². The molecule has 2 amide bonds. The Bertz CT molecular complexity index is 937.